The lowest BCUT2D eigenvalue weighted by atomic mass is 10.1. The quantitative estimate of drug-likeness (QED) is 0.789. The summed E-state index contributed by atoms with van der Waals surface area (Å²) in [6, 6.07) is 4.82. The van der Waals surface area contributed by atoms with Crippen LogP contribution in [0, 0.1) is 0 Å². The fourth-order valence-corrected chi connectivity index (χ4v) is 1.79. The molecule has 5 nitrogen and oxygen atoms in total. The Bertz CT molecular complexity index is 489. The molecule has 0 aliphatic rings. The number of hydrogen-bond acceptors (Lipinski definition) is 3. The molecule has 0 aromatic heterocycles. The highest BCUT2D eigenvalue weighted by atomic mass is 35.5. The molecule has 2 amide bonds. The van der Waals surface area contributed by atoms with Gasteiger partial charge in [-0.3, -0.25) is 9.59 Å². The largest absolute Gasteiger partial charge is 0.345 e. The van der Waals surface area contributed by atoms with E-state index in [0.29, 0.717) is 16.3 Å². The van der Waals surface area contributed by atoms with E-state index in [2.05, 4.69) is 10.6 Å². The Morgan fingerprint density at radius 1 is 1.30 bits per heavy atom. The highest BCUT2D eigenvalue weighted by Crippen LogP contribution is 2.22. The molecule has 0 saturated carbocycles. The van der Waals surface area contributed by atoms with E-state index in [-0.39, 0.29) is 18.4 Å². The molecule has 6 heteroatoms. The van der Waals surface area contributed by atoms with Gasteiger partial charge in [0.15, 0.2) is 0 Å². The Morgan fingerprint density at radius 2 is 2.00 bits per heavy atom. The van der Waals surface area contributed by atoms with Crippen LogP contribution in [0.1, 0.15) is 23.7 Å². The molecule has 110 valence electrons. The van der Waals surface area contributed by atoms with Crippen molar-refractivity contribution in [2.45, 2.75) is 13.3 Å². The predicted octanol–water partition coefficient (Wildman–Crippen LogP) is 1.98. The molecular formula is C14H20ClN3O2. The summed E-state index contributed by atoms with van der Waals surface area (Å²) in [5.41, 5.74) is 0.850. The first-order valence-electron chi connectivity index (χ1n) is 6.47. The van der Waals surface area contributed by atoms with Crippen LogP contribution >= 0.6 is 11.6 Å². The summed E-state index contributed by atoms with van der Waals surface area (Å²) in [5, 5.41) is 6.18. The van der Waals surface area contributed by atoms with Gasteiger partial charge in [-0.25, -0.2) is 0 Å². The summed E-state index contributed by atoms with van der Waals surface area (Å²) < 4.78 is 0. The fourth-order valence-electron chi connectivity index (χ4n) is 1.62. The molecule has 0 fully saturated rings. The third-order valence-corrected chi connectivity index (χ3v) is 2.84. The second-order valence-electron chi connectivity index (χ2n) is 4.61. The molecule has 2 N–H and O–H groups in total. The monoisotopic (exact) mass is 297 g/mol. The third kappa shape index (κ3) is 4.83. The molecule has 0 heterocycles. The van der Waals surface area contributed by atoms with Crippen molar-refractivity contribution in [1.29, 1.82) is 0 Å². The van der Waals surface area contributed by atoms with E-state index < -0.39 is 0 Å². The number of amides is 2. The van der Waals surface area contributed by atoms with Crippen LogP contribution in [0.2, 0.25) is 5.02 Å². The Hall–Kier alpha value is -1.59. The van der Waals surface area contributed by atoms with Gasteiger partial charge < -0.3 is 15.5 Å². The van der Waals surface area contributed by atoms with E-state index in [9.17, 15) is 9.59 Å². The average molecular weight is 298 g/mol. The van der Waals surface area contributed by atoms with Crippen molar-refractivity contribution in [3.05, 3.63) is 28.8 Å². The van der Waals surface area contributed by atoms with Gasteiger partial charge in [-0.15, -0.1) is 0 Å². The van der Waals surface area contributed by atoms with Crippen LogP contribution in [0.4, 0.5) is 5.69 Å². The molecule has 1 rings (SSSR count). The van der Waals surface area contributed by atoms with Crippen molar-refractivity contribution in [2.24, 2.45) is 0 Å². The molecule has 0 unspecified atom stereocenters. The van der Waals surface area contributed by atoms with E-state index in [4.69, 9.17) is 11.6 Å². The summed E-state index contributed by atoms with van der Waals surface area (Å²) in [4.78, 5) is 25.3. The summed E-state index contributed by atoms with van der Waals surface area (Å²) >= 11 is 5.92. The van der Waals surface area contributed by atoms with Gasteiger partial charge >= 0.3 is 0 Å². The van der Waals surface area contributed by atoms with Gasteiger partial charge in [0.2, 0.25) is 5.91 Å². The SMILES string of the molecule is CCCNCC(=O)Nc1cc(Cl)ccc1C(=O)N(C)C. The number of benzene rings is 1. The zero-order valence-corrected chi connectivity index (χ0v) is 12.8. The molecule has 0 saturated heterocycles. The highest BCUT2D eigenvalue weighted by molar-refractivity contribution is 6.31. The second-order valence-corrected chi connectivity index (χ2v) is 5.05. The van der Waals surface area contributed by atoms with Crippen LogP contribution in [0.5, 0.6) is 0 Å². The minimum atomic E-state index is -0.200. The number of nitrogens with one attached hydrogen (secondary N) is 2. The molecule has 1 aromatic rings. The van der Waals surface area contributed by atoms with E-state index in [1.54, 1.807) is 32.3 Å². The number of halogens is 1. The van der Waals surface area contributed by atoms with E-state index in [1.165, 1.54) is 4.90 Å². The average Bonchev–Trinajstić information content (AvgIpc) is 2.38. The zero-order valence-electron chi connectivity index (χ0n) is 12.0. The summed E-state index contributed by atoms with van der Waals surface area (Å²) in [5.74, 6) is -0.382. The normalized spacial score (nSPS) is 10.2. The van der Waals surface area contributed by atoms with Crippen molar-refractivity contribution < 1.29 is 9.59 Å². The fraction of sp³-hybridized carbons (Fsp3) is 0.429. The molecule has 20 heavy (non-hydrogen) atoms. The maximum atomic E-state index is 12.0. The molecule has 0 spiro atoms. The first-order valence-corrected chi connectivity index (χ1v) is 6.85. The molecule has 0 aliphatic carbocycles. The van der Waals surface area contributed by atoms with Gasteiger partial charge in [-0.1, -0.05) is 18.5 Å². The topological polar surface area (TPSA) is 61.4 Å². The number of rotatable bonds is 6. The van der Waals surface area contributed by atoms with Crippen molar-refractivity contribution in [3.8, 4) is 0 Å². The Balaban J connectivity index is 2.84. The van der Waals surface area contributed by atoms with Gasteiger partial charge in [0.25, 0.3) is 5.91 Å². The molecule has 0 bridgehead atoms. The van der Waals surface area contributed by atoms with Crippen molar-refractivity contribution in [3.63, 3.8) is 0 Å². The molecule has 0 aliphatic heterocycles. The van der Waals surface area contributed by atoms with Gasteiger partial charge in [0.1, 0.15) is 0 Å². The lowest BCUT2D eigenvalue weighted by molar-refractivity contribution is -0.115. The summed E-state index contributed by atoms with van der Waals surface area (Å²) in [6.45, 7) is 3.00. The van der Waals surface area contributed by atoms with Crippen molar-refractivity contribution in [1.82, 2.24) is 10.2 Å². The highest BCUT2D eigenvalue weighted by Gasteiger charge is 2.15. The van der Waals surface area contributed by atoms with Crippen molar-refractivity contribution in [2.75, 3.05) is 32.5 Å². The lowest BCUT2D eigenvalue weighted by Crippen LogP contribution is -2.30. The minimum Gasteiger partial charge on any atom is -0.345 e. The summed E-state index contributed by atoms with van der Waals surface area (Å²) in [6.07, 6.45) is 0.953. The Labute approximate surface area is 124 Å². The van der Waals surface area contributed by atoms with E-state index in [0.717, 1.165) is 13.0 Å². The Morgan fingerprint density at radius 3 is 2.60 bits per heavy atom. The zero-order chi connectivity index (χ0) is 15.1. The predicted molar refractivity (Wildman–Crippen MR) is 81.3 cm³/mol. The van der Waals surface area contributed by atoms with Crippen molar-refractivity contribution >= 4 is 29.1 Å². The molecular weight excluding hydrogens is 278 g/mol. The van der Waals surface area contributed by atoms with Crippen LogP contribution in [0.15, 0.2) is 18.2 Å². The number of hydrogen-bond donors (Lipinski definition) is 2. The number of anilines is 1. The second kappa shape index (κ2) is 7.87. The lowest BCUT2D eigenvalue weighted by Gasteiger charge is -2.15. The summed E-state index contributed by atoms with van der Waals surface area (Å²) in [7, 11) is 3.32. The molecule has 0 atom stereocenters. The van der Waals surface area contributed by atoms with E-state index in [1.807, 2.05) is 6.92 Å². The van der Waals surface area contributed by atoms with Crippen LogP contribution in [0.3, 0.4) is 0 Å². The van der Waals surface area contributed by atoms with Crippen LogP contribution in [0.25, 0.3) is 0 Å². The minimum absolute atomic E-state index is 0.182. The van der Waals surface area contributed by atoms with Gasteiger partial charge in [0.05, 0.1) is 17.8 Å². The van der Waals surface area contributed by atoms with Gasteiger partial charge in [-0.05, 0) is 31.2 Å². The third-order valence-electron chi connectivity index (χ3n) is 2.60. The van der Waals surface area contributed by atoms with Gasteiger partial charge in [-0.2, -0.15) is 0 Å². The number of nitrogens with zero attached hydrogens (tertiary/aromatic N) is 1. The number of carbonyl (C=O) groups excluding carboxylic acids is 2. The van der Waals surface area contributed by atoms with Crippen LogP contribution in [-0.2, 0) is 4.79 Å². The number of carbonyl (C=O) groups is 2. The first-order chi connectivity index (χ1) is 9.45. The molecule has 0 radical (unpaired) electrons. The van der Waals surface area contributed by atoms with Crippen LogP contribution in [-0.4, -0.2) is 43.9 Å². The first kappa shape index (κ1) is 16.5. The maximum absolute atomic E-state index is 12.0. The standard InChI is InChI=1S/C14H20ClN3O2/c1-4-7-16-9-13(19)17-12-8-10(15)5-6-11(12)14(20)18(2)3/h5-6,8,16H,4,7,9H2,1-3H3,(H,17,19). The smallest absolute Gasteiger partial charge is 0.255 e. The van der Waals surface area contributed by atoms with E-state index >= 15 is 0 Å². The van der Waals surface area contributed by atoms with Crippen LogP contribution < -0.4 is 10.6 Å². The van der Waals surface area contributed by atoms with Gasteiger partial charge in [0, 0.05) is 19.1 Å². The molecule has 1 aromatic carbocycles. The maximum Gasteiger partial charge on any atom is 0.255 e. The Kier molecular flexibility index (Phi) is 6.48.